The average molecular weight is 460 g/mol. The van der Waals surface area contributed by atoms with Crippen molar-refractivity contribution in [2.75, 3.05) is 4.90 Å². The van der Waals surface area contributed by atoms with Crippen molar-refractivity contribution in [3.8, 4) is 0 Å². The van der Waals surface area contributed by atoms with Gasteiger partial charge in [0.15, 0.2) is 0 Å². The number of anilines is 1. The first-order valence-electron chi connectivity index (χ1n) is 10.1. The Morgan fingerprint density at radius 2 is 1.78 bits per heavy atom. The molecule has 1 unspecified atom stereocenters. The molecule has 4 aromatic rings. The monoisotopic (exact) mass is 459 g/mol. The second-order valence-electron chi connectivity index (χ2n) is 7.64. The molecule has 4 nitrogen and oxygen atoms in total. The highest BCUT2D eigenvalue weighted by atomic mass is 35.5. The third-order valence-electron chi connectivity index (χ3n) is 5.72. The first-order chi connectivity index (χ1) is 15.5. The number of hydrogen-bond acceptors (Lipinski definition) is 4. The van der Waals surface area contributed by atoms with E-state index in [2.05, 4.69) is 0 Å². The number of Topliss-reactive ketones (excluding diaryl/α,β-unsaturated/α-hetero) is 1. The predicted molar refractivity (Wildman–Crippen MR) is 129 cm³/mol. The molecule has 32 heavy (non-hydrogen) atoms. The Kier molecular flexibility index (Phi) is 5.08. The van der Waals surface area contributed by atoms with E-state index in [1.54, 1.807) is 24.3 Å². The van der Waals surface area contributed by atoms with E-state index in [0.717, 1.165) is 21.2 Å². The number of hydrogen-bond donors (Lipinski definition) is 1. The van der Waals surface area contributed by atoms with E-state index in [-0.39, 0.29) is 11.3 Å². The van der Waals surface area contributed by atoms with Gasteiger partial charge in [-0.05, 0) is 52.9 Å². The van der Waals surface area contributed by atoms with Crippen LogP contribution in [0.1, 0.15) is 22.0 Å². The highest BCUT2D eigenvalue weighted by molar-refractivity contribution is 7.10. The number of ketones is 1. The average Bonchev–Trinajstić information content (AvgIpc) is 3.40. The standard InChI is InChI=1S/C26H18ClNO3S/c1-15-14-17(27)11-12-20(15)28-23(21-10-5-13-32-21)22(25(30)26(28)31)24(29)19-9-4-7-16-6-2-3-8-18(16)19/h2-14,23,29H,1H3/b24-22-. The van der Waals surface area contributed by atoms with E-state index in [9.17, 15) is 14.7 Å². The zero-order valence-corrected chi connectivity index (χ0v) is 18.7. The quantitative estimate of drug-likeness (QED) is 0.216. The Hall–Kier alpha value is -3.41. The molecule has 0 radical (unpaired) electrons. The van der Waals surface area contributed by atoms with Crippen LogP contribution in [0, 0.1) is 6.92 Å². The molecule has 6 heteroatoms. The molecule has 158 valence electrons. The zero-order chi connectivity index (χ0) is 22.4. The smallest absolute Gasteiger partial charge is 0.300 e. The number of halogens is 1. The molecule has 0 saturated carbocycles. The van der Waals surface area contributed by atoms with Crippen LogP contribution in [0.15, 0.2) is 83.7 Å². The normalized spacial score (nSPS) is 17.9. The third-order valence-corrected chi connectivity index (χ3v) is 6.88. The number of carbonyl (C=O) groups is 2. The summed E-state index contributed by atoms with van der Waals surface area (Å²) in [6.07, 6.45) is 0. The maximum atomic E-state index is 13.3. The highest BCUT2D eigenvalue weighted by Gasteiger charge is 2.47. The van der Waals surface area contributed by atoms with Gasteiger partial charge in [-0.2, -0.15) is 0 Å². The van der Waals surface area contributed by atoms with Crippen molar-refractivity contribution in [1.29, 1.82) is 0 Å². The fourth-order valence-electron chi connectivity index (χ4n) is 4.26. The predicted octanol–water partition coefficient (Wildman–Crippen LogP) is 6.49. The van der Waals surface area contributed by atoms with Crippen molar-refractivity contribution in [3.05, 3.63) is 105 Å². The van der Waals surface area contributed by atoms with E-state index in [4.69, 9.17) is 11.6 Å². The summed E-state index contributed by atoms with van der Waals surface area (Å²) < 4.78 is 0. The largest absolute Gasteiger partial charge is 0.507 e. The Balaban J connectivity index is 1.77. The van der Waals surface area contributed by atoms with E-state index in [0.29, 0.717) is 16.3 Å². The number of nitrogens with zero attached hydrogens (tertiary/aromatic N) is 1. The lowest BCUT2D eigenvalue weighted by Crippen LogP contribution is -2.29. The highest BCUT2D eigenvalue weighted by Crippen LogP contribution is 2.45. The van der Waals surface area contributed by atoms with Crippen molar-refractivity contribution >= 4 is 56.8 Å². The molecule has 1 amide bonds. The van der Waals surface area contributed by atoms with Gasteiger partial charge in [0.2, 0.25) is 0 Å². The topological polar surface area (TPSA) is 57.6 Å². The van der Waals surface area contributed by atoms with Crippen LogP contribution in [-0.2, 0) is 9.59 Å². The van der Waals surface area contributed by atoms with Gasteiger partial charge >= 0.3 is 0 Å². The lowest BCUT2D eigenvalue weighted by molar-refractivity contribution is -0.132. The molecule has 0 aliphatic carbocycles. The van der Waals surface area contributed by atoms with Crippen LogP contribution >= 0.6 is 22.9 Å². The number of amides is 1. The fraction of sp³-hybridized carbons (Fsp3) is 0.0769. The number of benzene rings is 3. The number of thiophene rings is 1. The zero-order valence-electron chi connectivity index (χ0n) is 17.1. The number of carbonyl (C=O) groups excluding carboxylic acids is 2. The van der Waals surface area contributed by atoms with E-state index in [1.807, 2.05) is 60.8 Å². The molecular weight excluding hydrogens is 442 g/mol. The molecule has 1 atom stereocenters. The first kappa shape index (κ1) is 20.5. The third kappa shape index (κ3) is 3.22. The van der Waals surface area contributed by atoms with Crippen LogP contribution in [0.25, 0.3) is 16.5 Å². The second-order valence-corrected chi connectivity index (χ2v) is 9.06. The van der Waals surface area contributed by atoms with E-state index >= 15 is 0 Å². The summed E-state index contributed by atoms with van der Waals surface area (Å²) in [7, 11) is 0. The molecular formula is C26H18ClNO3S. The minimum absolute atomic E-state index is 0.0863. The number of aryl methyl sites for hydroxylation is 1. The number of aliphatic hydroxyl groups is 1. The van der Waals surface area contributed by atoms with Gasteiger partial charge in [0.1, 0.15) is 11.8 Å². The summed E-state index contributed by atoms with van der Waals surface area (Å²) in [5, 5.41) is 15.6. The lowest BCUT2D eigenvalue weighted by atomic mass is 9.96. The van der Waals surface area contributed by atoms with Crippen LogP contribution in [0.4, 0.5) is 5.69 Å². The molecule has 1 aliphatic heterocycles. The minimum Gasteiger partial charge on any atom is -0.507 e. The van der Waals surface area contributed by atoms with Crippen molar-refractivity contribution in [2.45, 2.75) is 13.0 Å². The van der Waals surface area contributed by atoms with E-state index < -0.39 is 17.7 Å². The summed E-state index contributed by atoms with van der Waals surface area (Å²) in [6, 6.07) is 21.4. The summed E-state index contributed by atoms with van der Waals surface area (Å²) in [5.41, 5.74) is 1.97. The van der Waals surface area contributed by atoms with Crippen molar-refractivity contribution in [1.82, 2.24) is 0 Å². The van der Waals surface area contributed by atoms with Gasteiger partial charge in [-0.1, -0.05) is 60.1 Å². The number of rotatable bonds is 3. The molecule has 5 rings (SSSR count). The summed E-state index contributed by atoms with van der Waals surface area (Å²) in [5.74, 6) is -1.55. The summed E-state index contributed by atoms with van der Waals surface area (Å²) in [4.78, 5) is 28.8. The molecule has 2 heterocycles. The van der Waals surface area contributed by atoms with Crippen molar-refractivity contribution in [2.24, 2.45) is 0 Å². The molecule has 1 aromatic heterocycles. The summed E-state index contributed by atoms with van der Waals surface area (Å²) in [6.45, 7) is 1.84. The van der Waals surface area contributed by atoms with Crippen LogP contribution in [0.2, 0.25) is 5.02 Å². The molecule has 0 bridgehead atoms. The van der Waals surface area contributed by atoms with Gasteiger partial charge in [-0.3, -0.25) is 14.5 Å². The maximum absolute atomic E-state index is 13.3. The first-order valence-corrected chi connectivity index (χ1v) is 11.3. The van der Waals surface area contributed by atoms with Crippen LogP contribution in [0.5, 0.6) is 0 Å². The van der Waals surface area contributed by atoms with Crippen LogP contribution < -0.4 is 4.90 Å². The van der Waals surface area contributed by atoms with Crippen molar-refractivity contribution < 1.29 is 14.7 Å². The van der Waals surface area contributed by atoms with Gasteiger partial charge in [-0.25, -0.2) is 0 Å². The Labute approximate surface area is 194 Å². The Morgan fingerprint density at radius 3 is 2.53 bits per heavy atom. The second kappa shape index (κ2) is 7.93. The maximum Gasteiger partial charge on any atom is 0.300 e. The minimum atomic E-state index is -0.728. The molecule has 3 aromatic carbocycles. The molecule has 1 saturated heterocycles. The molecule has 1 N–H and O–H groups in total. The summed E-state index contributed by atoms with van der Waals surface area (Å²) >= 11 is 7.56. The Bertz CT molecular complexity index is 1400. The number of fused-ring (bicyclic) bond motifs is 1. The van der Waals surface area contributed by atoms with Gasteiger partial charge in [0.05, 0.1) is 5.57 Å². The Morgan fingerprint density at radius 1 is 1.00 bits per heavy atom. The van der Waals surface area contributed by atoms with Gasteiger partial charge < -0.3 is 5.11 Å². The number of aliphatic hydroxyl groups excluding tert-OH is 1. The molecule has 0 spiro atoms. The van der Waals surface area contributed by atoms with Crippen molar-refractivity contribution in [3.63, 3.8) is 0 Å². The molecule has 1 fully saturated rings. The van der Waals surface area contributed by atoms with Gasteiger partial charge in [0, 0.05) is 21.2 Å². The lowest BCUT2D eigenvalue weighted by Gasteiger charge is -2.25. The molecule has 1 aliphatic rings. The van der Waals surface area contributed by atoms with Gasteiger partial charge in [-0.15, -0.1) is 11.3 Å². The van der Waals surface area contributed by atoms with E-state index in [1.165, 1.54) is 16.2 Å². The van der Waals surface area contributed by atoms with Crippen LogP contribution in [0.3, 0.4) is 0 Å². The van der Waals surface area contributed by atoms with Gasteiger partial charge in [0.25, 0.3) is 11.7 Å². The van der Waals surface area contributed by atoms with Crippen LogP contribution in [-0.4, -0.2) is 16.8 Å². The SMILES string of the molecule is Cc1cc(Cl)ccc1N1C(=O)C(=O)/C(=C(\O)c2cccc3ccccc23)C1c1cccs1. The fourth-order valence-corrected chi connectivity index (χ4v) is 5.31.